The molecule has 21 heavy (non-hydrogen) atoms. The van der Waals surface area contributed by atoms with E-state index in [1.807, 2.05) is 29.1 Å². The Balaban J connectivity index is 1.58. The predicted molar refractivity (Wildman–Crippen MR) is 86.4 cm³/mol. The summed E-state index contributed by atoms with van der Waals surface area (Å²) >= 11 is 0. The molecule has 2 aromatic rings. The summed E-state index contributed by atoms with van der Waals surface area (Å²) in [4.78, 5) is 0. The lowest BCUT2D eigenvalue weighted by Gasteiger charge is -2.31. The number of benzene rings is 1. The minimum Gasteiger partial charge on any atom is -0.308 e. The molecular weight excluding hydrogens is 258 g/mol. The van der Waals surface area contributed by atoms with Crippen LogP contribution in [0.4, 0.5) is 0 Å². The quantitative estimate of drug-likeness (QED) is 0.925. The van der Waals surface area contributed by atoms with Crippen LogP contribution < -0.4 is 5.32 Å². The summed E-state index contributed by atoms with van der Waals surface area (Å²) < 4.78 is 1.95. The lowest BCUT2D eigenvalue weighted by atomic mass is 9.80. The molecule has 112 valence electrons. The summed E-state index contributed by atoms with van der Waals surface area (Å²) in [6.07, 6.45) is 6.01. The molecule has 2 unspecified atom stereocenters. The molecule has 0 aliphatic heterocycles. The third-order valence-electron chi connectivity index (χ3n) is 4.42. The van der Waals surface area contributed by atoms with Crippen molar-refractivity contribution in [2.24, 2.45) is 11.8 Å². The van der Waals surface area contributed by atoms with Crippen molar-refractivity contribution in [1.82, 2.24) is 15.1 Å². The molecule has 3 nitrogen and oxygen atoms in total. The van der Waals surface area contributed by atoms with Gasteiger partial charge in [0, 0.05) is 18.8 Å². The molecule has 1 N–H and O–H groups in total. The molecule has 2 atom stereocenters. The average molecular weight is 283 g/mol. The van der Waals surface area contributed by atoms with Gasteiger partial charge in [0.1, 0.15) is 0 Å². The van der Waals surface area contributed by atoms with E-state index in [9.17, 15) is 0 Å². The highest BCUT2D eigenvalue weighted by atomic mass is 15.3. The van der Waals surface area contributed by atoms with E-state index < -0.39 is 0 Å². The molecule has 0 spiro atoms. The minimum absolute atomic E-state index is 0.644. The molecule has 1 aliphatic rings. The zero-order valence-corrected chi connectivity index (χ0v) is 13.0. The zero-order chi connectivity index (χ0) is 14.7. The Bertz CT molecular complexity index is 551. The van der Waals surface area contributed by atoms with Crippen molar-refractivity contribution in [3.05, 3.63) is 48.3 Å². The highest BCUT2D eigenvalue weighted by Crippen LogP contribution is 2.28. The molecule has 0 bridgehead atoms. The lowest BCUT2D eigenvalue weighted by molar-refractivity contribution is 0.237. The van der Waals surface area contributed by atoms with Gasteiger partial charge in [0.15, 0.2) is 0 Å². The Morgan fingerprint density at radius 1 is 1.05 bits per heavy atom. The maximum Gasteiger partial charge on any atom is 0.0766 e. The van der Waals surface area contributed by atoms with Crippen molar-refractivity contribution in [1.29, 1.82) is 0 Å². The monoisotopic (exact) mass is 283 g/mol. The van der Waals surface area contributed by atoms with Crippen molar-refractivity contribution in [2.45, 2.75) is 45.7 Å². The maximum absolute atomic E-state index is 4.66. The molecule has 3 rings (SSSR count). The largest absolute Gasteiger partial charge is 0.308 e. The van der Waals surface area contributed by atoms with Gasteiger partial charge < -0.3 is 5.32 Å². The van der Waals surface area contributed by atoms with Gasteiger partial charge in [-0.25, -0.2) is 4.68 Å². The molecule has 1 fully saturated rings. The van der Waals surface area contributed by atoms with Crippen molar-refractivity contribution in [2.75, 3.05) is 0 Å². The average Bonchev–Trinajstić information content (AvgIpc) is 2.94. The number of para-hydroxylation sites is 1. The first kappa shape index (κ1) is 14.3. The van der Waals surface area contributed by atoms with Gasteiger partial charge >= 0.3 is 0 Å². The Kier molecular flexibility index (Phi) is 4.39. The van der Waals surface area contributed by atoms with Gasteiger partial charge in [0.25, 0.3) is 0 Å². The van der Waals surface area contributed by atoms with Crippen LogP contribution >= 0.6 is 0 Å². The second-order valence-electron chi connectivity index (χ2n) is 6.58. The number of rotatable bonds is 4. The zero-order valence-electron chi connectivity index (χ0n) is 13.0. The Morgan fingerprint density at radius 2 is 1.76 bits per heavy atom. The van der Waals surface area contributed by atoms with Gasteiger partial charge in [-0.2, -0.15) is 5.10 Å². The Morgan fingerprint density at radius 3 is 2.48 bits per heavy atom. The summed E-state index contributed by atoms with van der Waals surface area (Å²) in [5, 5.41) is 8.34. The fourth-order valence-electron chi connectivity index (χ4n) is 3.54. The summed E-state index contributed by atoms with van der Waals surface area (Å²) in [5.41, 5.74) is 2.23. The fourth-order valence-corrected chi connectivity index (χ4v) is 3.54. The predicted octanol–water partition coefficient (Wildman–Crippen LogP) is 3.79. The maximum atomic E-state index is 4.66. The second-order valence-corrected chi connectivity index (χ2v) is 6.58. The molecule has 3 heteroatoms. The summed E-state index contributed by atoms with van der Waals surface area (Å²) in [6.45, 7) is 5.60. The van der Waals surface area contributed by atoms with Crippen LogP contribution in [0.2, 0.25) is 0 Å². The first-order valence-electron chi connectivity index (χ1n) is 8.04. The SMILES string of the molecule is CC1CC(C)CC(NCc2ccn(-c3ccccc3)n2)C1. The van der Waals surface area contributed by atoms with E-state index in [1.165, 1.54) is 19.3 Å². The molecule has 1 aromatic carbocycles. The van der Waals surface area contributed by atoms with Crippen molar-refractivity contribution >= 4 is 0 Å². The number of nitrogens with one attached hydrogen (secondary N) is 1. The van der Waals surface area contributed by atoms with Crippen LogP contribution in [0, 0.1) is 11.8 Å². The number of aromatic nitrogens is 2. The highest BCUT2D eigenvalue weighted by Gasteiger charge is 2.23. The van der Waals surface area contributed by atoms with Gasteiger partial charge in [0.05, 0.1) is 11.4 Å². The number of hydrogen-bond donors (Lipinski definition) is 1. The summed E-state index contributed by atoms with van der Waals surface area (Å²) in [7, 11) is 0. The van der Waals surface area contributed by atoms with Crippen LogP contribution in [-0.4, -0.2) is 15.8 Å². The number of nitrogens with zero attached hydrogens (tertiary/aromatic N) is 2. The van der Waals surface area contributed by atoms with E-state index >= 15 is 0 Å². The molecule has 0 radical (unpaired) electrons. The molecule has 1 aromatic heterocycles. The van der Waals surface area contributed by atoms with E-state index in [1.54, 1.807) is 0 Å². The van der Waals surface area contributed by atoms with Crippen LogP contribution in [-0.2, 0) is 6.54 Å². The standard InChI is InChI=1S/C18H25N3/c1-14-10-15(2)12-17(11-14)19-13-16-8-9-21(20-16)18-6-4-3-5-7-18/h3-9,14-15,17,19H,10-13H2,1-2H3. The van der Waals surface area contributed by atoms with Crippen LogP contribution in [0.15, 0.2) is 42.6 Å². The topological polar surface area (TPSA) is 29.9 Å². The van der Waals surface area contributed by atoms with Gasteiger partial charge in [0.2, 0.25) is 0 Å². The van der Waals surface area contributed by atoms with Crippen LogP contribution in [0.1, 0.15) is 38.8 Å². The van der Waals surface area contributed by atoms with Crippen LogP contribution in [0.25, 0.3) is 5.69 Å². The normalized spacial score (nSPS) is 25.9. The summed E-state index contributed by atoms with van der Waals surface area (Å²) in [5.74, 6) is 1.68. The van der Waals surface area contributed by atoms with E-state index in [2.05, 4.69) is 42.5 Å². The van der Waals surface area contributed by atoms with Gasteiger partial charge in [-0.15, -0.1) is 0 Å². The third kappa shape index (κ3) is 3.73. The van der Waals surface area contributed by atoms with Gasteiger partial charge in [-0.1, -0.05) is 32.0 Å². The fraction of sp³-hybridized carbons (Fsp3) is 0.500. The van der Waals surface area contributed by atoms with Crippen LogP contribution in [0.5, 0.6) is 0 Å². The van der Waals surface area contributed by atoms with Crippen LogP contribution in [0.3, 0.4) is 0 Å². The minimum atomic E-state index is 0.644. The Labute approximate surface area is 127 Å². The molecule has 1 saturated carbocycles. The number of hydrogen-bond acceptors (Lipinski definition) is 2. The Hall–Kier alpha value is -1.61. The molecule has 0 amide bonds. The van der Waals surface area contributed by atoms with Gasteiger partial charge in [-0.3, -0.25) is 0 Å². The second kappa shape index (κ2) is 6.44. The van der Waals surface area contributed by atoms with E-state index in [4.69, 9.17) is 0 Å². The summed E-state index contributed by atoms with van der Waals surface area (Å²) in [6, 6.07) is 13.0. The van der Waals surface area contributed by atoms with Gasteiger partial charge in [-0.05, 0) is 49.3 Å². The molecule has 1 aliphatic carbocycles. The van der Waals surface area contributed by atoms with E-state index in [0.717, 1.165) is 29.8 Å². The smallest absolute Gasteiger partial charge is 0.0766 e. The highest BCUT2D eigenvalue weighted by molar-refractivity contribution is 5.30. The third-order valence-corrected chi connectivity index (χ3v) is 4.42. The first-order valence-corrected chi connectivity index (χ1v) is 8.04. The van der Waals surface area contributed by atoms with Crippen molar-refractivity contribution in [3.63, 3.8) is 0 Å². The van der Waals surface area contributed by atoms with Crippen molar-refractivity contribution < 1.29 is 0 Å². The van der Waals surface area contributed by atoms with Crippen molar-refractivity contribution in [3.8, 4) is 5.69 Å². The van der Waals surface area contributed by atoms with E-state index in [-0.39, 0.29) is 0 Å². The van der Waals surface area contributed by atoms with E-state index in [0.29, 0.717) is 6.04 Å². The lowest BCUT2D eigenvalue weighted by Crippen LogP contribution is -2.36. The first-order chi connectivity index (χ1) is 10.2. The molecule has 1 heterocycles. The molecular formula is C18H25N3. The molecule has 0 saturated heterocycles.